The Morgan fingerprint density at radius 1 is 1.11 bits per heavy atom. The summed E-state index contributed by atoms with van der Waals surface area (Å²) in [5.41, 5.74) is 3.59. The van der Waals surface area contributed by atoms with Crippen molar-refractivity contribution in [3.05, 3.63) is 48.7 Å². The molecule has 2 bridgehead atoms. The molecule has 194 valence electrons. The molecular weight excluding hydrogens is 482 g/mol. The van der Waals surface area contributed by atoms with E-state index in [1.807, 2.05) is 46.1 Å². The van der Waals surface area contributed by atoms with E-state index in [-0.39, 0.29) is 12.1 Å². The lowest BCUT2D eigenvalue weighted by molar-refractivity contribution is 0.0283. The molecule has 3 atom stereocenters. The Morgan fingerprint density at radius 3 is 2.53 bits per heavy atom. The summed E-state index contributed by atoms with van der Waals surface area (Å²) in [6.45, 7) is 7.26. The Kier molecular flexibility index (Phi) is 5.56. The fourth-order valence-electron chi connectivity index (χ4n) is 5.46. The number of rotatable bonds is 4. The molecule has 2 aliphatic heterocycles. The van der Waals surface area contributed by atoms with Crippen LogP contribution in [-0.4, -0.2) is 60.2 Å². The Labute approximate surface area is 220 Å². The van der Waals surface area contributed by atoms with Crippen molar-refractivity contribution >= 4 is 17.4 Å². The summed E-state index contributed by atoms with van der Waals surface area (Å²) in [6.07, 6.45) is 9.54. The Morgan fingerprint density at radius 2 is 1.89 bits per heavy atom. The number of ether oxygens (including phenoxy) is 1. The zero-order valence-corrected chi connectivity index (χ0v) is 21.8. The molecule has 2 saturated heterocycles. The fourth-order valence-corrected chi connectivity index (χ4v) is 5.46. The summed E-state index contributed by atoms with van der Waals surface area (Å²) in [5.74, 6) is 1.61. The van der Waals surface area contributed by atoms with Crippen LogP contribution in [0.1, 0.15) is 32.8 Å². The van der Waals surface area contributed by atoms with Crippen LogP contribution in [0.15, 0.2) is 43.1 Å². The molecule has 1 N–H and O–H groups in total. The van der Waals surface area contributed by atoms with Gasteiger partial charge < -0.3 is 15.0 Å². The van der Waals surface area contributed by atoms with Crippen LogP contribution < -0.4 is 10.2 Å². The van der Waals surface area contributed by atoms with Gasteiger partial charge in [0.15, 0.2) is 0 Å². The third kappa shape index (κ3) is 4.32. The molecule has 0 radical (unpaired) electrons. The molecule has 0 spiro atoms. The molecule has 4 aromatic rings. The minimum absolute atomic E-state index is 0.138. The molecule has 1 saturated carbocycles. The number of amides is 1. The van der Waals surface area contributed by atoms with Gasteiger partial charge in [-0.15, -0.1) is 0 Å². The standard InChI is InChI=1S/C27H29N9O2/c1-27(2,3)38-26(37)33-23-17-7-18(23)14-35(13-17)22-6-5-16(9-29-22)24-25-19(8-28)10-31-36(25)15-21(32-24)20-11-30-34(4)12-20/h5-6,9-12,15,17-18,23H,7,13-14H2,1-4H3,(H,33,37)/t17-,18?,23?/m1/s1. The van der Waals surface area contributed by atoms with Crippen molar-refractivity contribution in [2.45, 2.75) is 38.8 Å². The largest absolute Gasteiger partial charge is 0.444 e. The van der Waals surface area contributed by atoms with Crippen molar-refractivity contribution in [2.24, 2.45) is 18.9 Å². The van der Waals surface area contributed by atoms with Crippen LogP contribution in [0.3, 0.4) is 0 Å². The van der Waals surface area contributed by atoms with E-state index in [4.69, 9.17) is 14.7 Å². The van der Waals surface area contributed by atoms with Crippen LogP contribution in [0.25, 0.3) is 28.0 Å². The van der Waals surface area contributed by atoms with Crippen LogP contribution >= 0.6 is 0 Å². The van der Waals surface area contributed by atoms with Crippen molar-refractivity contribution in [1.29, 1.82) is 5.26 Å². The average Bonchev–Trinajstić information content (AvgIpc) is 3.52. The second-order valence-electron chi connectivity index (χ2n) is 11.1. The number of piperidine rings is 2. The minimum atomic E-state index is -0.510. The normalized spacial score (nSPS) is 20.6. The summed E-state index contributed by atoms with van der Waals surface area (Å²) in [4.78, 5) is 24.2. The highest BCUT2D eigenvalue weighted by Gasteiger charge is 2.48. The first-order chi connectivity index (χ1) is 18.2. The van der Waals surface area contributed by atoms with Gasteiger partial charge in [-0.25, -0.2) is 19.3 Å². The molecule has 3 fully saturated rings. The predicted molar refractivity (Wildman–Crippen MR) is 140 cm³/mol. The van der Waals surface area contributed by atoms with Gasteiger partial charge in [-0.3, -0.25) is 4.68 Å². The number of nitrogens with one attached hydrogen (secondary N) is 1. The summed E-state index contributed by atoms with van der Waals surface area (Å²) in [6, 6.07) is 6.34. The maximum absolute atomic E-state index is 12.3. The van der Waals surface area contributed by atoms with E-state index in [2.05, 4.69) is 26.5 Å². The van der Waals surface area contributed by atoms with Crippen molar-refractivity contribution in [1.82, 2.24) is 34.7 Å². The molecule has 0 aromatic carbocycles. The number of carbonyl (C=O) groups is 1. The lowest BCUT2D eigenvalue weighted by Gasteiger charge is -2.53. The molecule has 11 heteroatoms. The molecule has 11 nitrogen and oxygen atoms in total. The number of carbonyl (C=O) groups excluding carboxylic acids is 1. The molecule has 38 heavy (non-hydrogen) atoms. The third-order valence-electron chi connectivity index (χ3n) is 7.18. The van der Waals surface area contributed by atoms with E-state index in [0.717, 1.165) is 36.5 Å². The first kappa shape index (κ1) is 23.9. The number of pyridine rings is 1. The van der Waals surface area contributed by atoms with Crippen LogP contribution in [-0.2, 0) is 11.8 Å². The maximum Gasteiger partial charge on any atom is 0.407 e. The highest BCUT2D eigenvalue weighted by Crippen LogP contribution is 2.41. The van der Waals surface area contributed by atoms with Crippen molar-refractivity contribution in [3.63, 3.8) is 0 Å². The molecule has 1 amide bonds. The molecular formula is C27H29N9O2. The molecule has 6 heterocycles. The number of nitrogens with zero attached hydrogens (tertiary/aromatic N) is 8. The van der Waals surface area contributed by atoms with Crippen LogP contribution in [0, 0.1) is 23.2 Å². The average molecular weight is 512 g/mol. The number of fused-ring (bicyclic) bond motifs is 3. The first-order valence-electron chi connectivity index (χ1n) is 12.7. The van der Waals surface area contributed by atoms with E-state index in [0.29, 0.717) is 34.3 Å². The lowest BCUT2D eigenvalue weighted by atomic mass is 9.66. The Bertz CT molecular complexity index is 1550. The Hall–Kier alpha value is -4.46. The van der Waals surface area contributed by atoms with Gasteiger partial charge in [-0.1, -0.05) is 0 Å². The summed E-state index contributed by atoms with van der Waals surface area (Å²) in [7, 11) is 1.85. The molecule has 2 unspecified atom stereocenters. The van der Waals surface area contributed by atoms with E-state index in [9.17, 15) is 10.1 Å². The van der Waals surface area contributed by atoms with Crippen molar-refractivity contribution in [3.8, 4) is 28.6 Å². The zero-order chi connectivity index (χ0) is 26.6. The monoisotopic (exact) mass is 511 g/mol. The van der Waals surface area contributed by atoms with Gasteiger partial charge in [-0.05, 0) is 51.2 Å². The van der Waals surface area contributed by atoms with Gasteiger partial charge in [0.05, 0.1) is 30.0 Å². The highest BCUT2D eigenvalue weighted by atomic mass is 16.6. The van der Waals surface area contributed by atoms with E-state index >= 15 is 0 Å². The van der Waals surface area contributed by atoms with Crippen LogP contribution in [0.4, 0.5) is 10.6 Å². The number of anilines is 1. The summed E-state index contributed by atoms with van der Waals surface area (Å²) < 4.78 is 8.85. The second kappa shape index (κ2) is 8.83. The van der Waals surface area contributed by atoms with Crippen molar-refractivity contribution < 1.29 is 9.53 Å². The summed E-state index contributed by atoms with van der Waals surface area (Å²) >= 11 is 0. The topological polar surface area (TPSA) is 126 Å². The van der Waals surface area contributed by atoms with E-state index < -0.39 is 5.60 Å². The lowest BCUT2D eigenvalue weighted by Crippen LogP contribution is -2.65. The fraction of sp³-hybridized carbons (Fsp3) is 0.407. The third-order valence-corrected chi connectivity index (χ3v) is 7.18. The maximum atomic E-state index is 12.3. The SMILES string of the molecule is Cn1cc(-c2cn3ncc(C#N)c3c(-c3ccc(N4CC5C[C@H](C4)C5NC(=O)OC(C)(C)C)nc3)n2)cn1. The molecule has 1 aliphatic carbocycles. The number of nitriles is 1. The quantitative estimate of drug-likeness (QED) is 0.442. The molecule has 7 rings (SSSR count). The number of hydrogen-bond acceptors (Lipinski definition) is 8. The molecule has 3 aliphatic rings. The van der Waals surface area contributed by atoms with Gasteiger partial charge in [0, 0.05) is 49.7 Å². The van der Waals surface area contributed by atoms with Gasteiger partial charge in [0.1, 0.15) is 28.6 Å². The van der Waals surface area contributed by atoms with E-state index in [1.54, 1.807) is 34.0 Å². The van der Waals surface area contributed by atoms with Crippen LogP contribution in [0.5, 0.6) is 0 Å². The first-order valence-corrected chi connectivity index (χ1v) is 12.7. The van der Waals surface area contributed by atoms with Crippen LogP contribution in [0.2, 0.25) is 0 Å². The minimum Gasteiger partial charge on any atom is -0.444 e. The smallest absolute Gasteiger partial charge is 0.407 e. The number of hydrogen-bond donors (Lipinski definition) is 1. The van der Waals surface area contributed by atoms with Gasteiger partial charge >= 0.3 is 6.09 Å². The second-order valence-corrected chi connectivity index (χ2v) is 11.1. The predicted octanol–water partition coefficient (Wildman–Crippen LogP) is 3.41. The highest BCUT2D eigenvalue weighted by molar-refractivity contribution is 5.83. The number of aryl methyl sites for hydroxylation is 1. The van der Waals surface area contributed by atoms with Gasteiger partial charge in [-0.2, -0.15) is 15.5 Å². The van der Waals surface area contributed by atoms with E-state index in [1.165, 1.54) is 0 Å². The molecule has 4 aromatic heterocycles. The Balaban J connectivity index is 1.23. The number of aromatic nitrogens is 6. The van der Waals surface area contributed by atoms with Gasteiger partial charge in [0.2, 0.25) is 0 Å². The summed E-state index contributed by atoms with van der Waals surface area (Å²) in [5, 5.41) is 21.4. The zero-order valence-electron chi connectivity index (χ0n) is 21.8. The van der Waals surface area contributed by atoms with Crippen molar-refractivity contribution in [2.75, 3.05) is 18.0 Å². The number of alkyl carbamates (subject to hydrolysis) is 1. The van der Waals surface area contributed by atoms with Gasteiger partial charge in [0.25, 0.3) is 0 Å².